The van der Waals surface area contributed by atoms with E-state index in [9.17, 15) is 22.4 Å². The molecule has 0 aliphatic rings. The smallest absolute Gasteiger partial charge is 0.244 e. The molecule has 2 amide bonds. The minimum Gasteiger partial charge on any atom is -0.352 e. The van der Waals surface area contributed by atoms with Gasteiger partial charge in [0.1, 0.15) is 18.4 Å². The predicted octanol–water partition coefficient (Wildman–Crippen LogP) is 4.49. The number of benzene rings is 2. The van der Waals surface area contributed by atoms with Gasteiger partial charge in [0.15, 0.2) is 0 Å². The monoisotopic (exact) mass is 551 g/mol. The number of hydrogen-bond acceptors (Lipinski definition) is 4. The SMILES string of the molecule is CC(C)NC(=O)[C@H](C)N(Cc1c(Cl)cccc1Cl)C(=O)CN(c1ccc(F)c(Cl)c1)S(C)(=O)=O. The van der Waals surface area contributed by atoms with Crippen LogP contribution in [-0.2, 0) is 26.2 Å². The molecule has 2 aromatic carbocycles. The lowest BCUT2D eigenvalue weighted by Crippen LogP contribution is -2.52. The summed E-state index contributed by atoms with van der Waals surface area (Å²) < 4.78 is 39.4. The average Bonchev–Trinajstić information content (AvgIpc) is 2.72. The Labute approximate surface area is 213 Å². The Kier molecular flexibility index (Phi) is 9.59. The molecule has 0 saturated carbocycles. The fourth-order valence-corrected chi connectivity index (χ4v) is 4.63. The van der Waals surface area contributed by atoms with E-state index in [0.29, 0.717) is 5.56 Å². The third-order valence-electron chi connectivity index (χ3n) is 4.86. The largest absolute Gasteiger partial charge is 0.352 e. The van der Waals surface area contributed by atoms with Crippen molar-refractivity contribution in [3.63, 3.8) is 0 Å². The van der Waals surface area contributed by atoms with Crippen molar-refractivity contribution in [2.45, 2.75) is 39.4 Å². The van der Waals surface area contributed by atoms with E-state index < -0.39 is 40.2 Å². The zero-order valence-corrected chi connectivity index (χ0v) is 22.1. The van der Waals surface area contributed by atoms with Crippen LogP contribution in [0.25, 0.3) is 0 Å². The van der Waals surface area contributed by atoms with Crippen LogP contribution in [0, 0.1) is 5.82 Å². The van der Waals surface area contributed by atoms with Crippen LogP contribution in [0.2, 0.25) is 15.1 Å². The van der Waals surface area contributed by atoms with Gasteiger partial charge in [-0.05, 0) is 51.1 Å². The fraction of sp³-hybridized carbons (Fsp3) is 0.364. The number of nitrogens with one attached hydrogen (secondary N) is 1. The third kappa shape index (κ3) is 7.21. The highest BCUT2D eigenvalue weighted by molar-refractivity contribution is 7.92. The molecule has 0 saturated heterocycles. The molecule has 0 radical (unpaired) electrons. The van der Waals surface area contributed by atoms with Crippen molar-refractivity contribution >= 4 is 62.3 Å². The lowest BCUT2D eigenvalue weighted by molar-refractivity contribution is -0.139. The van der Waals surface area contributed by atoms with Crippen molar-refractivity contribution in [3.8, 4) is 0 Å². The number of amides is 2. The number of carbonyl (C=O) groups excluding carboxylic acids is 2. The highest BCUT2D eigenvalue weighted by Crippen LogP contribution is 2.28. The Balaban J connectivity index is 2.47. The minimum absolute atomic E-state index is 0.00254. The zero-order valence-electron chi connectivity index (χ0n) is 19.0. The number of nitrogens with zero attached hydrogens (tertiary/aromatic N) is 2. The summed E-state index contributed by atoms with van der Waals surface area (Å²) in [6.45, 7) is 4.24. The van der Waals surface area contributed by atoms with E-state index in [2.05, 4.69) is 5.32 Å². The molecule has 0 bridgehead atoms. The Bertz CT molecular complexity index is 1160. The molecule has 0 aliphatic carbocycles. The van der Waals surface area contributed by atoms with Gasteiger partial charge in [0.25, 0.3) is 0 Å². The summed E-state index contributed by atoms with van der Waals surface area (Å²) in [6.07, 6.45) is 0.904. The maximum absolute atomic E-state index is 13.6. The second kappa shape index (κ2) is 11.6. The first-order valence-corrected chi connectivity index (χ1v) is 13.2. The third-order valence-corrected chi connectivity index (χ3v) is 7.00. The van der Waals surface area contributed by atoms with Crippen molar-refractivity contribution in [1.29, 1.82) is 0 Å². The predicted molar refractivity (Wildman–Crippen MR) is 133 cm³/mol. The van der Waals surface area contributed by atoms with Crippen LogP contribution in [0.3, 0.4) is 0 Å². The van der Waals surface area contributed by atoms with Crippen molar-refractivity contribution < 1.29 is 22.4 Å². The molecule has 0 heterocycles. The van der Waals surface area contributed by atoms with E-state index in [1.54, 1.807) is 32.0 Å². The second-order valence-electron chi connectivity index (χ2n) is 7.93. The van der Waals surface area contributed by atoms with Crippen molar-refractivity contribution in [3.05, 3.63) is 62.8 Å². The van der Waals surface area contributed by atoms with Crippen molar-refractivity contribution in [2.75, 3.05) is 17.1 Å². The Morgan fingerprint density at radius 2 is 1.62 bits per heavy atom. The number of hydrogen-bond donors (Lipinski definition) is 1. The zero-order chi connectivity index (χ0) is 25.8. The topological polar surface area (TPSA) is 86.8 Å². The van der Waals surface area contributed by atoms with Gasteiger partial charge in [0, 0.05) is 28.2 Å². The number of rotatable bonds is 9. The maximum Gasteiger partial charge on any atom is 0.244 e. The van der Waals surface area contributed by atoms with Gasteiger partial charge in [0.2, 0.25) is 21.8 Å². The van der Waals surface area contributed by atoms with Crippen LogP contribution in [-0.4, -0.2) is 50.0 Å². The molecule has 1 N–H and O–H groups in total. The van der Waals surface area contributed by atoms with Crippen molar-refractivity contribution in [2.24, 2.45) is 0 Å². The Hall–Kier alpha value is -2.07. The first-order valence-electron chi connectivity index (χ1n) is 10.2. The molecule has 0 fully saturated rings. The molecular weight excluding hydrogens is 528 g/mol. The summed E-state index contributed by atoms with van der Waals surface area (Å²) in [6, 6.07) is 6.94. The highest BCUT2D eigenvalue weighted by atomic mass is 35.5. The van der Waals surface area contributed by atoms with Crippen molar-refractivity contribution in [1.82, 2.24) is 10.2 Å². The number of sulfonamides is 1. The number of carbonyl (C=O) groups is 2. The molecule has 7 nitrogen and oxygen atoms in total. The van der Waals surface area contributed by atoms with Gasteiger partial charge >= 0.3 is 0 Å². The lowest BCUT2D eigenvalue weighted by atomic mass is 10.1. The van der Waals surface area contributed by atoms with E-state index in [1.807, 2.05) is 0 Å². The van der Waals surface area contributed by atoms with Crippen LogP contribution >= 0.6 is 34.8 Å². The molecule has 0 unspecified atom stereocenters. The van der Waals surface area contributed by atoms with E-state index >= 15 is 0 Å². The van der Waals surface area contributed by atoms with Gasteiger partial charge in [-0.2, -0.15) is 0 Å². The van der Waals surface area contributed by atoms with E-state index in [4.69, 9.17) is 34.8 Å². The van der Waals surface area contributed by atoms with Crippen LogP contribution in [0.4, 0.5) is 10.1 Å². The summed E-state index contributed by atoms with van der Waals surface area (Å²) in [4.78, 5) is 27.4. The summed E-state index contributed by atoms with van der Waals surface area (Å²) >= 11 is 18.4. The van der Waals surface area contributed by atoms with E-state index in [1.165, 1.54) is 17.9 Å². The summed E-state index contributed by atoms with van der Waals surface area (Å²) in [7, 11) is -3.98. The first kappa shape index (κ1) is 28.2. The van der Waals surface area contributed by atoms with Crippen LogP contribution in [0.15, 0.2) is 36.4 Å². The van der Waals surface area contributed by atoms with Gasteiger partial charge in [-0.1, -0.05) is 40.9 Å². The average molecular weight is 553 g/mol. The van der Waals surface area contributed by atoms with Crippen LogP contribution in [0.5, 0.6) is 0 Å². The molecule has 0 spiro atoms. The van der Waals surface area contributed by atoms with E-state index in [-0.39, 0.29) is 33.3 Å². The first-order chi connectivity index (χ1) is 15.7. The molecule has 0 aromatic heterocycles. The molecule has 2 aromatic rings. The highest BCUT2D eigenvalue weighted by Gasteiger charge is 2.31. The van der Waals surface area contributed by atoms with Crippen LogP contribution < -0.4 is 9.62 Å². The van der Waals surface area contributed by atoms with Gasteiger partial charge in [-0.25, -0.2) is 12.8 Å². The molecular formula is C22H25Cl3FN3O4S. The number of anilines is 1. The molecule has 12 heteroatoms. The quantitative estimate of drug-likeness (QED) is 0.496. The summed E-state index contributed by atoms with van der Waals surface area (Å²) in [5, 5.41) is 3.00. The second-order valence-corrected chi connectivity index (χ2v) is 11.1. The fourth-order valence-electron chi connectivity index (χ4n) is 3.10. The van der Waals surface area contributed by atoms with Crippen LogP contribution in [0.1, 0.15) is 26.3 Å². The summed E-state index contributed by atoms with van der Waals surface area (Å²) in [5.41, 5.74) is 0.399. The van der Waals surface area contributed by atoms with Gasteiger partial charge in [-0.15, -0.1) is 0 Å². The standard InChI is InChI=1S/C22H25Cl3FN3O4S/c1-13(2)27-22(31)14(3)28(11-16-17(23)6-5-7-18(16)24)21(30)12-29(34(4,32)33)15-8-9-20(26)19(25)10-15/h5-10,13-14H,11-12H2,1-4H3,(H,27,31)/t14-/m0/s1. The van der Waals surface area contributed by atoms with Gasteiger partial charge in [-0.3, -0.25) is 13.9 Å². The molecule has 0 aliphatic heterocycles. The van der Waals surface area contributed by atoms with Gasteiger partial charge in [0.05, 0.1) is 17.0 Å². The lowest BCUT2D eigenvalue weighted by Gasteiger charge is -2.32. The Morgan fingerprint density at radius 3 is 2.12 bits per heavy atom. The molecule has 1 atom stereocenters. The maximum atomic E-state index is 13.6. The molecule has 186 valence electrons. The Morgan fingerprint density at radius 1 is 1.03 bits per heavy atom. The molecule has 2 rings (SSSR count). The number of halogens is 4. The van der Waals surface area contributed by atoms with Gasteiger partial charge < -0.3 is 10.2 Å². The summed E-state index contributed by atoms with van der Waals surface area (Å²) in [5.74, 6) is -1.88. The van der Waals surface area contributed by atoms with E-state index in [0.717, 1.165) is 22.7 Å². The minimum atomic E-state index is -3.98. The molecule has 34 heavy (non-hydrogen) atoms. The normalized spacial score (nSPS) is 12.4.